The summed E-state index contributed by atoms with van der Waals surface area (Å²) >= 11 is 3.42. The van der Waals surface area contributed by atoms with Gasteiger partial charge in [-0.2, -0.15) is 10.4 Å². The van der Waals surface area contributed by atoms with Crippen LogP contribution in [0.25, 0.3) is 11.3 Å². The number of aromatic amines is 1. The largest absolute Gasteiger partial charge is 0.493 e. The number of hydrogen-bond donors (Lipinski definition) is 2. The minimum atomic E-state index is -0.567. The Kier molecular flexibility index (Phi) is 8.94. The normalized spacial score (nSPS) is 10.6. The lowest BCUT2D eigenvalue weighted by Crippen LogP contribution is -2.16. The number of nitrogens with zero attached hydrogens (tertiary/aromatic N) is 3. The first kappa shape index (κ1) is 24.7. The molecule has 1 aromatic heterocycles. The van der Waals surface area contributed by atoms with E-state index in [0.29, 0.717) is 36.5 Å². The lowest BCUT2D eigenvalue weighted by atomic mass is 10.1. The molecule has 0 saturated carbocycles. The summed E-state index contributed by atoms with van der Waals surface area (Å²) in [5.41, 5.74) is 3.62. The van der Waals surface area contributed by atoms with Crippen LogP contribution in [-0.2, 0) is 9.53 Å². The van der Waals surface area contributed by atoms with Gasteiger partial charge in [-0.3, -0.25) is 14.6 Å². The number of ether oxygens (including phenoxy) is 2. The highest BCUT2D eigenvalue weighted by atomic mass is 79.9. The number of rotatable bonds is 10. The van der Waals surface area contributed by atoms with Crippen molar-refractivity contribution in [3.8, 4) is 23.1 Å². The maximum Gasteiger partial charge on any atom is 0.305 e. The summed E-state index contributed by atoms with van der Waals surface area (Å²) in [7, 11) is 0. The van der Waals surface area contributed by atoms with Gasteiger partial charge < -0.3 is 9.47 Å². The smallest absolute Gasteiger partial charge is 0.305 e. The first-order valence-corrected chi connectivity index (χ1v) is 11.3. The van der Waals surface area contributed by atoms with Gasteiger partial charge in [-0.25, -0.2) is 10.4 Å². The summed E-state index contributed by atoms with van der Waals surface area (Å²) in [4.78, 5) is 30.7. The lowest BCUT2D eigenvalue weighted by Gasteiger charge is -2.10. The van der Waals surface area contributed by atoms with Crippen molar-refractivity contribution in [2.75, 3.05) is 18.6 Å². The quantitative estimate of drug-likeness (QED) is 0.176. The number of aromatic nitrogens is 2. The van der Waals surface area contributed by atoms with Crippen molar-refractivity contribution in [3.05, 3.63) is 74.5 Å². The fraction of sp³-hybridized carbons (Fsp3) is 0.208. The summed E-state index contributed by atoms with van der Waals surface area (Å²) in [6.45, 7) is 2.45. The molecular formula is C24H22BrN5O4. The summed E-state index contributed by atoms with van der Waals surface area (Å²) in [6.07, 6.45) is 2.31. The number of H-pyrrole nitrogens is 1. The van der Waals surface area contributed by atoms with E-state index in [4.69, 9.17) is 9.47 Å². The zero-order valence-electron chi connectivity index (χ0n) is 18.4. The Labute approximate surface area is 204 Å². The Morgan fingerprint density at radius 3 is 2.82 bits per heavy atom. The Balaban J connectivity index is 1.73. The van der Waals surface area contributed by atoms with Gasteiger partial charge >= 0.3 is 5.97 Å². The number of nitriles is 1. The second-order valence-electron chi connectivity index (χ2n) is 6.93. The van der Waals surface area contributed by atoms with Gasteiger partial charge in [0.25, 0.3) is 5.56 Å². The number of esters is 1. The molecule has 0 atom stereocenters. The third-order valence-corrected chi connectivity index (χ3v) is 5.01. The molecule has 2 N–H and O–H groups in total. The van der Waals surface area contributed by atoms with Crippen LogP contribution in [0.2, 0.25) is 0 Å². The highest BCUT2D eigenvalue weighted by Crippen LogP contribution is 2.23. The predicted octanol–water partition coefficient (Wildman–Crippen LogP) is 4.24. The molecule has 0 unspecified atom stereocenters. The SMILES string of the molecule is CCOC(=O)CCCOc1ccc(Br)cc1C=NNc1nc(-c2ccccc2)c(C#N)c(=O)[nH]1. The molecule has 174 valence electrons. The van der Waals surface area contributed by atoms with Crippen LogP contribution in [0.4, 0.5) is 5.95 Å². The summed E-state index contributed by atoms with van der Waals surface area (Å²) < 4.78 is 11.5. The van der Waals surface area contributed by atoms with Crippen LogP contribution in [-0.4, -0.2) is 35.4 Å². The number of hydrogen-bond acceptors (Lipinski definition) is 8. The molecule has 34 heavy (non-hydrogen) atoms. The first-order chi connectivity index (χ1) is 16.5. The van der Waals surface area contributed by atoms with E-state index >= 15 is 0 Å². The van der Waals surface area contributed by atoms with Crippen molar-refractivity contribution < 1.29 is 14.3 Å². The first-order valence-electron chi connectivity index (χ1n) is 10.5. The van der Waals surface area contributed by atoms with Crippen molar-refractivity contribution in [2.24, 2.45) is 5.10 Å². The molecule has 3 rings (SSSR count). The van der Waals surface area contributed by atoms with E-state index < -0.39 is 5.56 Å². The maximum absolute atomic E-state index is 12.4. The molecule has 0 fully saturated rings. The molecule has 10 heteroatoms. The summed E-state index contributed by atoms with van der Waals surface area (Å²) in [6, 6.07) is 16.3. The molecule has 0 aliphatic heterocycles. The fourth-order valence-electron chi connectivity index (χ4n) is 2.98. The van der Waals surface area contributed by atoms with Crippen LogP contribution in [0.3, 0.4) is 0 Å². The summed E-state index contributed by atoms with van der Waals surface area (Å²) in [5.74, 6) is 0.404. The maximum atomic E-state index is 12.4. The molecule has 0 radical (unpaired) electrons. The molecule has 3 aromatic rings. The van der Waals surface area contributed by atoms with Gasteiger partial charge in [0.15, 0.2) is 0 Å². The minimum Gasteiger partial charge on any atom is -0.493 e. The van der Waals surface area contributed by atoms with Crippen LogP contribution >= 0.6 is 15.9 Å². The predicted molar refractivity (Wildman–Crippen MR) is 132 cm³/mol. The zero-order valence-corrected chi connectivity index (χ0v) is 20.0. The number of nitrogens with one attached hydrogen (secondary N) is 2. The highest BCUT2D eigenvalue weighted by Gasteiger charge is 2.13. The summed E-state index contributed by atoms with van der Waals surface area (Å²) in [5, 5.41) is 13.5. The molecule has 1 heterocycles. The fourth-order valence-corrected chi connectivity index (χ4v) is 3.36. The van der Waals surface area contributed by atoms with Gasteiger partial charge in [-0.15, -0.1) is 0 Å². The van der Waals surface area contributed by atoms with Crippen molar-refractivity contribution in [2.45, 2.75) is 19.8 Å². The number of carbonyl (C=O) groups is 1. The van der Waals surface area contributed by atoms with E-state index in [0.717, 1.165) is 4.47 Å². The molecule has 0 aliphatic carbocycles. The standard InChI is InChI=1S/C24H22BrN5O4/c1-2-33-21(31)9-6-12-34-20-11-10-18(25)13-17(20)15-27-30-24-28-22(16-7-4-3-5-8-16)19(14-26)23(32)29-24/h3-5,7-8,10-11,13,15H,2,6,9,12H2,1H3,(H2,28,29,30,32). The van der Waals surface area contributed by atoms with E-state index in [1.54, 1.807) is 37.3 Å². The van der Waals surface area contributed by atoms with Crippen molar-refractivity contribution >= 4 is 34.1 Å². The lowest BCUT2D eigenvalue weighted by molar-refractivity contribution is -0.143. The Morgan fingerprint density at radius 1 is 1.29 bits per heavy atom. The van der Waals surface area contributed by atoms with Gasteiger partial charge in [0.1, 0.15) is 17.4 Å². The number of anilines is 1. The monoisotopic (exact) mass is 523 g/mol. The van der Waals surface area contributed by atoms with Crippen LogP contribution in [0.5, 0.6) is 5.75 Å². The molecule has 2 aromatic carbocycles. The van der Waals surface area contributed by atoms with E-state index in [-0.39, 0.29) is 29.6 Å². The number of halogens is 1. The number of benzene rings is 2. The van der Waals surface area contributed by atoms with Crippen molar-refractivity contribution in [1.29, 1.82) is 5.26 Å². The molecule has 0 saturated heterocycles. The van der Waals surface area contributed by atoms with E-state index in [2.05, 4.69) is 36.4 Å². The number of carbonyl (C=O) groups excluding carboxylic acids is 1. The molecule has 9 nitrogen and oxygen atoms in total. The van der Waals surface area contributed by atoms with E-state index in [9.17, 15) is 14.9 Å². The highest BCUT2D eigenvalue weighted by molar-refractivity contribution is 9.10. The van der Waals surface area contributed by atoms with E-state index in [1.165, 1.54) is 6.21 Å². The molecule has 0 bridgehead atoms. The third-order valence-electron chi connectivity index (χ3n) is 4.51. The average Bonchev–Trinajstić information content (AvgIpc) is 2.83. The topological polar surface area (TPSA) is 129 Å². The van der Waals surface area contributed by atoms with Gasteiger partial charge in [0.2, 0.25) is 5.95 Å². The third kappa shape index (κ3) is 6.76. The van der Waals surface area contributed by atoms with Crippen LogP contribution < -0.4 is 15.7 Å². The Bertz CT molecular complexity index is 1270. The minimum absolute atomic E-state index is 0.0776. The Hall–Kier alpha value is -3.97. The number of hydrazone groups is 1. The molecule has 0 aliphatic rings. The zero-order chi connectivity index (χ0) is 24.3. The van der Waals surface area contributed by atoms with Gasteiger partial charge in [-0.1, -0.05) is 46.3 Å². The molecule has 0 spiro atoms. The average molecular weight is 524 g/mol. The molecular weight excluding hydrogens is 502 g/mol. The van der Waals surface area contributed by atoms with Crippen LogP contribution in [0, 0.1) is 11.3 Å². The van der Waals surface area contributed by atoms with Crippen LogP contribution in [0.1, 0.15) is 30.9 Å². The second kappa shape index (κ2) is 12.3. The van der Waals surface area contributed by atoms with Crippen molar-refractivity contribution in [1.82, 2.24) is 9.97 Å². The molecule has 0 amide bonds. The Morgan fingerprint density at radius 2 is 2.09 bits per heavy atom. The van der Waals surface area contributed by atoms with E-state index in [1.807, 2.05) is 24.3 Å². The van der Waals surface area contributed by atoms with Gasteiger partial charge in [0, 0.05) is 22.0 Å². The van der Waals surface area contributed by atoms with Crippen LogP contribution in [0.15, 0.2) is 62.9 Å². The van der Waals surface area contributed by atoms with Gasteiger partial charge in [0.05, 0.1) is 25.1 Å². The van der Waals surface area contributed by atoms with Gasteiger partial charge in [-0.05, 0) is 31.5 Å². The second-order valence-corrected chi connectivity index (χ2v) is 7.84. The van der Waals surface area contributed by atoms with Crippen molar-refractivity contribution in [3.63, 3.8) is 0 Å².